The van der Waals surface area contributed by atoms with Crippen molar-refractivity contribution in [3.05, 3.63) is 16.4 Å². The molecule has 2 saturated carbocycles. The van der Waals surface area contributed by atoms with E-state index in [1.54, 1.807) is 10.9 Å². The molecule has 0 aromatic carbocycles. The minimum absolute atomic E-state index is 0.0685. The predicted octanol–water partition coefficient (Wildman–Crippen LogP) is 2.89. The van der Waals surface area contributed by atoms with Crippen LogP contribution in [0.4, 0.5) is 0 Å². The van der Waals surface area contributed by atoms with Gasteiger partial charge in [-0.1, -0.05) is 6.42 Å². The van der Waals surface area contributed by atoms with Gasteiger partial charge in [-0.3, -0.25) is 9.48 Å². The standard InChI is InChI=1S/C15H22BrN3O/c1-9(13-6-11-3-4-12(13)5-11)18-15(20)8-19-10(2)14(16)7-17-19/h7,9,11-13H,3-6,8H2,1-2H3,(H,18,20)/t9-,11-,12-,13+/m0/s1. The number of amides is 1. The molecule has 1 amide bonds. The first-order chi connectivity index (χ1) is 9.54. The van der Waals surface area contributed by atoms with Crippen LogP contribution >= 0.6 is 15.9 Å². The molecule has 4 atom stereocenters. The molecule has 2 aliphatic rings. The Kier molecular flexibility index (Phi) is 3.89. The van der Waals surface area contributed by atoms with Crippen molar-refractivity contribution in [3.8, 4) is 0 Å². The molecule has 3 rings (SSSR count). The zero-order valence-corrected chi connectivity index (χ0v) is 13.7. The molecular formula is C15H22BrN3O. The van der Waals surface area contributed by atoms with E-state index in [0.29, 0.717) is 12.5 Å². The summed E-state index contributed by atoms with van der Waals surface area (Å²) >= 11 is 3.42. The molecule has 0 unspecified atom stereocenters. The van der Waals surface area contributed by atoms with Gasteiger partial charge in [0.05, 0.1) is 16.4 Å². The van der Waals surface area contributed by atoms with Crippen LogP contribution < -0.4 is 5.32 Å². The second kappa shape index (κ2) is 5.51. The molecule has 2 bridgehead atoms. The van der Waals surface area contributed by atoms with Crippen LogP contribution in [0.2, 0.25) is 0 Å². The van der Waals surface area contributed by atoms with Crippen molar-refractivity contribution in [3.63, 3.8) is 0 Å². The Hall–Kier alpha value is -0.840. The third-order valence-electron chi connectivity index (χ3n) is 5.16. The van der Waals surface area contributed by atoms with Gasteiger partial charge in [0.1, 0.15) is 6.54 Å². The van der Waals surface area contributed by atoms with E-state index >= 15 is 0 Å². The van der Waals surface area contributed by atoms with Crippen molar-refractivity contribution in [1.82, 2.24) is 15.1 Å². The van der Waals surface area contributed by atoms with Crippen LogP contribution in [0, 0.1) is 24.7 Å². The SMILES string of the molecule is Cc1c(Br)cnn1CC(=O)N[C@@H](C)[C@H]1C[C@H]2CC[C@H]1C2. The molecule has 110 valence electrons. The lowest BCUT2D eigenvalue weighted by atomic mass is 9.84. The highest BCUT2D eigenvalue weighted by molar-refractivity contribution is 9.10. The first-order valence-corrected chi connectivity index (χ1v) is 8.31. The Bertz CT molecular complexity index is 513. The molecule has 2 aliphatic carbocycles. The molecule has 0 radical (unpaired) electrons. The zero-order chi connectivity index (χ0) is 14.3. The summed E-state index contributed by atoms with van der Waals surface area (Å²) < 4.78 is 2.69. The number of aromatic nitrogens is 2. The molecule has 5 heteroatoms. The van der Waals surface area contributed by atoms with Gasteiger partial charge < -0.3 is 5.32 Å². The molecule has 0 spiro atoms. The Morgan fingerprint density at radius 3 is 2.90 bits per heavy atom. The van der Waals surface area contributed by atoms with Gasteiger partial charge in [-0.05, 0) is 66.8 Å². The molecule has 1 N–H and O–H groups in total. The highest BCUT2D eigenvalue weighted by atomic mass is 79.9. The summed E-state index contributed by atoms with van der Waals surface area (Å²) in [7, 11) is 0. The molecule has 2 fully saturated rings. The van der Waals surface area contributed by atoms with Crippen LogP contribution in [-0.4, -0.2) is 21.7 Å². The normalized spacial score (nSPS) is 29.6. The van der Waals surface area contributed by atoms with E-state index in [0.717, 1.165) is 22.0 Å². The lowest BCUT2D eigenvalue weighted by molar-refractivity contribution is -0.123. The molecular weight excluding hydrogens is 318 g/mol. The molecule has 1 aromatic rings. The van der Waals surface area contributed by atoms with Gasteiger partial charge in [0.25, 0.3) is 0 Å². The fourth-order valence-corrected chi connectivity index (χ4v) is 4.33. The van der Waals surface area contributed by atoms with E-state index < -0.39 is 0 Å². The van der Waals surface area contributed by atoms with Gasteiger partial charge in [-0.2, -0.15) is 5.10 Å². The van der Waals surface area contributed by atoms with Gasteiger partial charge in [0.15, 0.2) is 0 Å². The third-order valence-corrected chi connectivity index (χ3v) is 5.94. The van der Waals surface area contributed by atoms with Crippen LogP contribution in [0.25, 0.3) is 0 Å². The van der Waals surface area contributed by atoms with Crippen LogP contribution in [-0.2, 0) is 11.3 Å². The second-order valence-electron chi connectivity index (χ2n) is 6.43. The molecule has 0 saturated heterocycles. The fraction of sp³-hybridized carbons (Fsp3) is 0.733. The number of carbonyl (C=O) groups excluding carboxylic acids is 1. The maximum absolute atomic E-state index is 12.2. The fourth-order valence-electron chi connectivity index (χ4n) is 4.03. The molecule has 1 heterocycles. The zero-order valence-electron chi connectivity index (χ0n) is 12.1. The van der Waals surface area contributed by atoms with Crippen LogP contribution in [0.5, 0.6) is 0 Å². The van der Waals surface area contributed by atoms with Crippen molar-refractivity contribution in [2.24, 2.45) is 17.8 Å². The summed E-state index contributed by atoms with van der Waals surface area (Å²) in [4.78, 5) is 12.2. The summed E-state index contributed by atoms with van der Waals surface area (Å²) in [5, 5.41) is 7.38. The lowest BCUT2D eigenvalue weighted by Crippen LogP contribution is -2.41. The largest absolute Gasteiger partial charge is 0.352 e. The molecule has 4 nitrogen and oxygen atoms in total. The summed E-state index contributed by atoms with van der Waals surface area (Å²) in [5.41, 5.74) is 0.993. The van der Waals surface area contributed by atoms with Crippen LogP contribution in [0.15, 0.2) is 10.7 Å². The van der Waals surface area contributed by atoms with Crippen molar-refractivity contribution < 1.29 is 4.79 Å². The minimum Gasteiger partial charge on any atom is -0.352 e. The Morgan fingerprint density at radius 1 is 1.55 bits per heavy atom. The Morgan fingerprint density at radius 2 is 2.35 bits per heavy atom. The van der Waals surface area contributed by atoms with E-state index in [1.165, 1.54) is 25.7 Å². The van der Waals surface area contributed by atoms with Gasteiger partial charge >= 0.3 is 0 Å². The van der Waals surface area contributed by atoms with Crippen molar-refractivity contribution in [1.29, 1.82) is 0 Å². The maximum atomic E-state index is 12.2. The van der Waals surface area contributed by atoms with Gasteiger partial charge in [-0.25, -0.2) is 0 Å². The van der Waals surface area contributed by atoms with Crippen molar-refractivity contribution >= 4 is 21.8 Å². The van der Waals surface area contributed by atoms with Crippen molar-refractivity contribution in [2.45, 2.75) is 52.1 Å². The topological polar surface area (TPSA) is 46.9 Å². The average Bonchev–Trinajstić information content (AvgIpc) is 3.10. The van der Waals surface area contributed by atoms with Crippen molar-refractivity contribution in [2.75, 3.05) is 0 Å². The number of hydrogen-bond donors (Lipinski definition) is 1. The quantitative estimate of drug-likeness (QED) is 0.916. The van der Waals surface area contributed by atoms with Gasteiger partial charge in [0, 0.05) is 6.04 Å². The summed E-state index contributed by atoms with van der Waals surface area (Å²) in [5.74, 6) is 2.52. The summed E-state index contributed by atoms with van der Waals surface area (Å²) in [6.45, 7) is 4.43. The van der Waals surface area contributed by atoms with E-state index in [9.17, 15) is 4.79 Å². The Labute approximate surface area is 128 Å². The smallest absolute Gasteiger partial charge is 0.241 e. The number of nitrogens with zero attached hydrogens (tertiary/aromatic N) is 2. The molecule has 0 aliphatic heterocycles. The lowest BCUT2D eigenvalue weighted by Gasteiger charge is -2.28. The number of rotatable bonds is 4. The maximum Gasteiger partial charge on any atom is 0.241 e. The van der Waals surface area contributed by atoms with Crippen LogP contribution in [0.3, 0.4) is 0 Å². The number of hydrogen-bond acceptors (Lipinski definition) is 2. The highest BCUT2D eigenvalue weighted by Gasteiger charge is 2.42. The number of nitrogens with one attached hydrogen (secondary N) is 1. The summed E-state index contributed by atoms with van der Waals surface area (Å²) in [6.07, 6.45) is 7.19. The first-order valence-electron chi connectivity index (χ1n) is 7.52. The molecule has 20 heavy (non-hydrogen) atoms. The number of halogens is 1. The minimum atomic E-state index is 0.0685. The average molecular weight is 340 g/mol. The van der Waals surface area contributed by atoms with Crippen LogP contribution in [0.1, 0.15) is 38.3 Å². The predicted molar refractivity (Wildman–Crippen MR) is 81.2 cm³/mol. The van der Waals surface area contributed by atoms with E-state index in [1.807, 2.05) is 6.92 Å². The van der Waals surface area contributed by atoms with E-state index in [4.69, 9.17) is 0 Å². The summed E-state index contributed by atoms with van der Waals surface area (Å²) in [6, 6.07) is 0.289. The monoisotopic (exact) mass is 339 g/mol. The number of carbonyl (C=O) groups is 1. The first kappa shape index (κ1) is 14.1. The second-order valence-corrected chi connectivity index (χ2v) is 7.28. The van der Waals surface area contributed by atoms with E-state index in [2.05, 4.69) is 33.3 Å². The van der Waals surface area contributed by atoms with Gasteiger partial charge in [0.2, 0.25) is 5.91 Å². The molecule has 1 aromatic heterocycles. The van der Waals surface area contributed by atoms with E-state index in [-0.39, 0.29) is 11.9 Å². The third kappa shape index (κ3) is 2.65. The highest BCUT2D eigenvalue weighted by Crippen LogP contribution is 2.49. The number of fused-ring (bicyclic) bond motifs is 2. The van der Waals surface area contributed by atoms with Gasteiger partial charge in [-0.15, -0.1) is 0 Å². The Balaban J connectivity index is 1.55.